The Morgan fingerprint density at radius 3 is 2.62 bits per heavy atom. The number of aryl methyl sites for hydroxylation is 1. The van der Waals surface area contributed by atoms with E-state index in [1.807, 2.05) is 54.8 Å². The van der Waals surface area contributed by atoms with Gasteiger partial charge in [-0.25, -0.2) is 4.98 Å². The molecule has 5 nitrogen and oxygen atoms in total. The minimum atomic E-state index is -0.0644. The second-order valence-electron chi connectivity index (χ2n) is 6.51. The Bertz CT molecular complexity index is 1110. The van der Waals surface area contributed by atoms with Crippen LogP contribution in [0.3, 0.4) is 0 Å². The van der Waals surface area contributed by atoms with E-state index in [2.05, 4.69) is 9.97 Å². The Morgan fingerprint density at radius 2 is 1.93 bits per heavy atom. The molecule has 4 rings (SSSR count). The Morgan fingerprint density at radius 1 is 1.10 bits per heavy atom. The smallest absolute Gasteiger partial charge is 0.233 e. The van der Waals surface area contributed by atoms with Gasteiger partial charge in [0, 0.05) is 22.3 Å². The number of thiazole rings is 1. The van der Waals surface area contributed by atoms with Crippen LogP contribution in [-0.4, -0.2) is 15.9 Å². The molecule has 0 bridgehead atoms. The predicted octanol–water partition coefficient (Wildman–Crippen LogP) is 5.54. The molecule has 0 fully saturated rings. The molecule has 0 aliphatic rings. The SMILES string of the molecule is Cc1ccc(-c2nc(CC(=O)N(Cc3ccccn3)c3ccc(Cl)cc3)cs2)o1. The molecular weight excluding hydrogens is 406 g/mol. The van der Waals surface area contributed by atoms with Crippen molar-refractivity contribution in [3.05, 3.63) is 88.3 Å². The van der Waals surface area contributed by atoms with Crippen LogP contribution in [0.5, 0.6) is 0 Å². The minimum absolute atomic E-state index is 0.0644. The molecule has 4 aromatic rings. The number of anilines is 1. The first-order chi connectivity index (χ1) is 14.1. The fourth-order valence-electron chi connectivity index (χ4n) is 2.90. The van der Waals surface area contributed by atoms with Crippen LogP contribution >= 0.6 is 22.9 Å². The first kappa shape index (κ1) is 19.4. The van der Waals surface area contributed by atoms with Crippen LogP contribution in [-0.2, 0) is 17.8 Å². The highest BCUT2D eigenvalue weighted by atomic mass is 35.5. The summed E-state index contributed by atoms with van der Waals surface area (Å²) in [6.07, 6.45) is 1.91. The summed E-state index contributed by atoms with van der Waals surface area (Å²) in [5, 5.41) is 3.28. The average molecular weight is 424 g/mol. The molecule has 0 N–H and O–H groups in total. The molecule has 7 heteroatoms. The fourth-order valence-corrected chi connectivity index (χ4v) is 3.80. The Kier molecular flexibility index (Phi) is 5.74. The van der Waals surface area contributed by atoms with Crippen molar-refractivity contribution in [3.8, 4) is 10.8 Å². The van der Waals surface area contributed by atoms with Crippen LogP contribution in [0.1, 0.15) is 17.1 Å². The summed E-state index contributed by atoms with van der Waals surface area (Å²) < 4.78 is 5.63. The number of furan rings is 1. The van der Waals surface area contributed by atoms with Crippen molar-refractivity contribution in [1.29, 1.82) is 0 Å². The molecular formula is C22H18ClN3O2S. The number of hydrogen-bond acceptors (Lipinski definition) is 5. The maximum absolute atomic E-state index is 13.2. The number of rotatable bonds is 6. The van der Waals surface area contributed by atoms with E-state index in [-0.39, 0.29) is 12.3 Å². The second kappa shape index (κ2) is 8.59. The number of amides is 1. The van der Waals surface area contributed by atoms with Crippen LogP contribution in [0.2, 0.25) is 5.02 Å². The van der Waals surface area contributed by atoms with Crippen molar-refractivity contribution >= 4 is 34.5 Å². The average Bonchev–Trinajstić information content (AvgIpc) is 3.36. The van der Waals surface area contributed by atoms with Gasteiger partial charge in [0.2, 0.25) is 5.91 Å². The summed E-state index contributed by atoms with van der Waals surface area (Å²) in [5.74, 6) is 1.48. The highest BCUT2D eigenvalue weighted by Crippen LogP contribution is 2.27. The standard InChI is InChI=1S/C22H18ClN3O2S/c1-15-5-10-20(28-15)22-25-18(14-29-22)12-21(27)26(13-17-4-2-3-11-24-17)19-8-6-16(23)7-9-19/h2-11,14H,12-13H2,1H3. The molecule has 0 saturated carbocycles. The van der Waals surface area contributed by atoms with E-state index in [9.17, 15) is 4.79 Å². The van der Waals surface area contributed by atoms with Gasteiger partial charge in [0.1, 0.15) is 5.76 Å². The third-order valence-corrected chi connectivity index (χ3v) is 5.48. The lowest BCUT2D eigenvalue weighted by Crippen LogP contribution is -2.32. The van der Waals surface area contributed by atoms with Crippen molar-refractivity contribution < 1.29 is 9.21 Å². The molecule has 0 aliphatic heterocycles. The molecule has 3 heterocycles. The number of carbonyl (C=O) groups is 1. The van der Waals surface area contributed by atoms with E-state index in [1.54, 1.807) is 23.2 Å². The minimum Gasteiger partial charge on any atom is -0.459 e. The zero-order valence-corrected chi connectivity index (χ0v) is 17.3. The van der Waals surface area contributed by atoms with Crippen molar-refractivity contribution in [2.45, 2.75) is 19.9 Å². The van der Waals surface area contributed by atoms with Gasteiger partial charge in [0.15, 0.2) is 10.8 Å². The van der Waals surface area contributed by atoms with Gasteiger partial charge in [-0.3, -0.25) is 9.78 Å². The molecule has 0 atom stereocenters. The van der Waals surface area contributed by atoms with Crippen LogP contribution in [0.25, 0.3) is 10.8 Å². The van der Waals surface area contributed by atoms with Gasteiger partial charge >= 0.3 is 0 Å². The number of hydrogen-bond donors (Lipinski definition) is 0. The normalized spacial score (nSPS) is 10.8. The lowest BCUT2D eigenvalue weighted by molar-refractivity contribution is -0.118. The second-order valence-corrected chi connectivity index (χ2v) is 7.80. The number of halogens is 1. The molecule has 0 spiro atoms. The molecule has 0 radical (unpaired) electrons. The molecule has 3 aromatic heterocycles. The van der Waals surface area contributed by atoms with Crippen molar-refractivity contribution in [3.63, 3.8) is 0 Å². The third kappa shape index (κ3) is 4.72. The molecule has 146 valence electrons. The quantitative estimate of drug-likeness (QED) is 0.408. The molecule has 0 unspecified atom stereocenters. The van der Waals surface area contributed by atoms with Crippen LogP contribution in [0.15, 0.2) is 70.6 Å². The van der Waals surface area contributed by atoms with Gasteiger partial charge in [-0.15, -0.1) is 11.3 Å². The summed E-state index contributed by atoms with van der Waals surface area (Å²) in [4.78, 5) is 23.8. The van der Waals surface area contributed by atoms with Crippen molar-refractivity contribution in [1.82, 2.24) is 9.97 Å². The van der Waals surface area contributed by atoms with Crippen LogP contribution in [0, 0.1) is 6.92 Å². The van der Waals surface area contributed by atoms with E-state index in [1.165, 1.54) is 11.3 Å². The lowest BCUT2D eigenvalue weighted by Gasteiger charge is -2.22. The topological polar surface area (TPSA) is 59.2 Å². The Labute approximate surface area is 177 Å². The predicted molar refractivity (Wildman–Crippen MR) is 115 cm³/mol. The van der Waals surface area contributed by atoms with E-state index >= 15 is 0 Å². The van der Waals surface area contributed by atoms with Gasteiger partial charge in [-0.2, -0.15) is 0 Å². The number of carbonyl (C=O) groups excluding carboxylic acids is 1. The number of nitrogens with zero attached hydrogens (tertiary/aromatic N) is 3. The fraction of sp³-hybridized carbons (Fsp3) is 0.136. The van der Waals surface area contributed by atoms with Crippen molar-refractivity contribution in [2.75, 3.05) is 4.90 Å². The maximum Gasteiger partial charge on any atom is 0.233 e. The van der Waals surface area contributed by atoms with Gasteiger partial charge in [-0.1, -0.05) is 17.7 Å². The van der Waals surface area contributed by atoms with Crippen molar-refractivity contribution in [2.24, 2.45) is 0 Å². The monoisotopic (exact) mass is 423 g/mol. The van der Waals surface area contributed by atoms with Crippen LogP contribution in [0.4, 0.5) is 5.69 Å². The Balaban J connectivity index is 1.56. The summed E-state index contributed by atoms with van der Waals surface area (Å²) >= 11 is 7.48. The van der Waals surface area contributed by atoms with Gasteiger partial charge in [0.25, 0.3) is 0 Å². The maximum atomic E-state index is 13.2. The largest absolute Gasteiger partial charge is 0.459 e. The van der Waals surface area contributed by atoms with Gasteiger partial charge in [0.05, 0.1) is 24.4 Å². The summed E-state index contributed by atoms with van der Waals surface area (Å²) in [7, 11) is 0. The van der Waals surface area contributed by atoms with E-state index in [4.69, 9.17) is 16.0 Å². The first-order valence-corrected chi connectivity index (χ1v) is 10.3. The zero-order chi connectivity index (χ0) is 20.2. The van der Waals surface area contributed by atoms with E-state index in [0.717, 1.165) is 22.1 Å². The van der Waals surface area contributed by atoms with Gasteiger partial charge in [-0.05, 0) is 55.5 Å². The third-order valence-electron chi connectivity index (χ3n) is 4.32. The summed E-state index contributed by atoms with van der Waals surface area (Å²) in [6, 6.07) is 16.7. The zero-order valence-electron chi connectivity index (χ0n) is 15.7. The first-order valence-electron chi connectivity index (χ1n) is 9.05. The highest BCUT2D eigenvalue weighted by molar-refractivity contribution is 7.13. The van der Waals surface area contributed by atoms with E-state index in [0.29, 0.717) is 23.0 Å². The molecule has 29 heavy (non-hydrogen) atoms. The summed E-state index contributed by atoms with van der Waals surface area (Å²) in [5.41, 5.74) is 2.28. The lowest BCUT2D eigenvalue weighted by atomic mass is 10.2. The molecule has 1 amide bonds. The molecule has 0 saturated heterocycles. The number of benzene rings is 1. The highest BCUT2D eigenvalue weighted by Gasteiger charge is 2.19. The number of pyridine rings is 1. The molecule has 0 aliphatic carbocycles. The van der Waals surface area contributed by atoms with Gasteiger partial charge < -0.3 is 9.32 Å². The Hall–Kier alpha value is -2.96. The molecule has 1 aromatic carbocycles. The van der Waals surface area contributed by atoms with E-state index < -0.39 is 0 Å². The van der Waals surface area contributed by atoms with Crippen LogP contribution < -0.4 is 4.90 Å². The number of aromatic nitrogens is 2. The summed E-state index contributed by atoms with van der Waals surface area (Å²) in [6.45, 7) is 2.26.